The van der Waals surface area contributed by atoms with Gasteiger partial charge in [0.25, 0.3) is 0 Å². The minimum Gasteiger partial charge on any atom is -0.462 e. The van der Waals surface area contributed by atoms with Crippen LogP contribution in [0.25, 0.3) is 0 Å². The van der Waals surface area contributed by atoms with Gasteiger partial charge in [-0.25, -0.2) is 9.18 Å². The lowest BCUT2D eigenvalue weighted by Crippen LogP contribution is -2.53. The van der Waals surface area contributed by atoms with Gasteiger partial charge in [0.1, 0.15) is 22.6 Å². The molecule has 3 N–H and O–H groups in total. The van der Waals surface area contributed by atoms with Crippen LogP contribution in [0.4, 0.5) is 15.8 Å². The fourth-order valence-electron chi connectivity index (χ4n) is 5.20. The van der Waals surface area contributed by atoms with E-state index in [1.807, 2.05) is 0 Å². The largest absolute Gasteiger partial charge is 0.462 e. The lowest BCUT2D eigenvalue weighted by molar-refractivity contribution is -0.140. The second kappa shape index (κ2) is 8.09. The van der Waals surface area contributed by atoms with Crippen LogP contribution in [0.2, 0.25) is 0 Å². The van der Waals surface area contributed by atoms with E-state index in [1.165, 1.54) is 17.0 Å². The summed E-state index contributed by atoms with van der Waals surface area (Å²) >= 11 is 3.25. The number of nitrogens with two attached hydrogens (primary N) is 1. The SMILES string of the molecule is CCOC(=O)C1=C(N)N(c2ccc(Br)cc2F)C2=C(C(=O)CCC2)C12C(=O)Nc1ccccc12. The summed E-state index contributed by atoms with van der Waals surface area (Å²) in [7, 11) is 0. The van der Waals surface area contributed by atoms with Crippen molar-refractivity contribution in [2.24, 2.45) is 5.73 Å². The molecule has 0 saturated carbocycles. The standard InChI is InChI=1S/C25H21BrFN3O4/c1-2-34-23(32)21-22(28)30(17-11-10-13(26)12-15(17)27)18-8-5-9-19(31)20(18)25(21)14-6-3-4-7-16(14)29-24(25)33/h3-4,6-7,10-12H,2,5,8-9,28H2,1H3,(H,29,33). The van der Waals surface area contributed by atoms with Gasteiger partial charge < -0.3 is 15.8 Å². The van der Waals surface area contributed by atoms with Crippen LogP contribution in [-0.2, 0) is 24.5 Å². The third kappa shape index (κ3) is 2.96. The van der Waals surface area contributed by atoms with Crippen LogP contribution in [0.3, 0.4) is 0 Å². The Labute approximate surface area is 203 Å². The highest BCUT2D eigenvalue weighted by molar-refractivity contribution is 9.10. The molecule has 2 aromatic carbocycles. The molecule has 1 unspecified atom stereocenters. The molecule has 5 rings (SSSR count). The van der Waals surface area contributed by atoms with Gasteiger partial charge in [-0.05, 0) is 44.0 Å². The van der Waals surface area contributed by atoms with Crippen molar-refractivity contribution in [1.29, 1.82) is 0 Å². The van der Waals surface area contributed by atoms with E-state index < -0.39 is 23.1 Å². The molecule has 7 nitrogen and oxygen atoms in total. The average molecular weight is 526 g/mol. The molecule has 2 heterocycles. The molecule has 174 valence electrons. The van der Waals surface area contributed by atoms with Gasteiger partial charge in [-0.15, -0.1) is 0 Å². The van der Waals surface area contributed by atoms with Crippen molar-refractivity contribution in [3.63, 3.8) is 0 Å². The number of nitrogens with one attached hydrogen (secondary N) is 1. The van der Waals surface area contributed by atoms with Crippen molar-refractivity contribution in [2.45, 2.75) is 31.6 Å². The van der Waals surface area contributed by atoms with Crippen LogP contribution in [0.15, 0.2) is 69.6 Å². The van der Waals surface area contributed by atoms with E-state index in [0.29, 0.717) is 34.3 Å². The fraction of sp³-hybridized carbons (Fsp3) is 0.240. The maximum absolute atomic E-state index is 15.2. The zero-order valence-electron chi connectivity index (χ0n) is 18.3. The molecule has 0 saturated heterocycles. The minimum absolute atomic E-state index is 0.0292. The Morgan fingerprint density at radius 2 is 2.00 bits per heavy atom. The Kier molecular flexibility index (Phi) is 5.31. The van der Waals surface area contributed by atoms with Gasteiger partial charge in [0.05, 0.1) is 12.3 Å². The number of ketones is 1. The van der Waals surface area contributed by atoms with Crippen molar-refractivity contribution in [3.8, 4) is 0 Å². The van der Waals surface area contributed by atoms with Crippen molar-refractivity contribution in [2.75, 3.05) is 16.8 Å². The van der Waals surface area contributed by atoms with E-state index in [-0.39, 0.29) is 41.5 Å². The number of carbonyl (C=O) groups excluding carboxylic acids is 3. The monoisotopic (exact) mass is 525 g/mol. The highest BCUT2D eigenvalue weighted by Gasteiger charge is 2.62. The number of allylic oxidation sites excluding steroid dienone is 1. The number of halogens is 2. The molecule has 34 heavy (non-hydrogen) atoms. The van der Waals surface area contributed by atoms with Crippen molar-refractivity contribution < 1.29 is 23.5 Å². The zero-order valence-corrected chi connectivity index (χ0v) is 19.9. The summed E-state index contributed by atoms with van der Waals surface area (Å²) in [6, 6.07) is 11.3. The molecule has 1 atom stereocenters. The minimum atomic E-state index is -1.78. The van der Waals surface area contributed by atoms with Gasteiger partial charge in [-0.2, -0.15) is 0 Å². The van der Waals surface area contributed by atoms with Crippen molar-refractivity contribution in [1.82, 2.24) is 0 Å². The third-order valence-corrected chi connectivity index (χ3v) is 6.95. The predicted molar refractivity (Wildman–Crippen MR) is 127 cm³/mol. The second-order valence-electron chi connectivity index (χ2n) is 8.26. The number of para-hydroxylation sites is 1. The van der Waals surface area contributed by atoms with E-state index in [4.69, 9.17) is 10.5 Å². The van der Waals surface area contributed by atoms with E-state index in [1.54, 1.807) is 37.3 Å². The van der Waals surface area contributed by atoms with Crippen molar-refractivity contribution >= 4 is 45.0 Å². The maximum Gasteiger partial charge on any atom is 0.339 e. The Hall–Kier alpha value is -3.46. The van der Waals surface area contributed by atoms with Crippen LogP contribution in [0.5, 0.6) is 0 Å². The Balaban J connectivity index is 1.90. The topological polar surface area (TPSA) is 102 Å². The molecule has 1 spiro atoms. The normalized spacial score (nSPS) is 21.6. The first-order valence-electron chi connectivity index (χ1n) is 10.9. The number of ether oxygens (including phenoxy) is 1. The molecule has 2 aliphatic heterocycles. The van der Waals surface area contributed by atoms with Crippen LogP contribution in [0.1, 0.15) is 31.7 Å². The van der Waals surface area contributed by atoms with Gasteiger partial charge >= 0.3 is 5.97 Å². The smallest absolute Gasteiger partial charge is 0.339 e. The van der Waals surface area contributed by atoms with Crippen LogP contribution < -0.4 is 16.0 Å². The summed E-state index contributed by atoms with van der Waals surface area (Å²) in [5.41, 5.74) is 6.22. The number of Topliss-reactive ketones (excluding diaryl/α,β-unsaturated/α-hetero) is 1. The number of carbonyl (C=O) groups is 3. The first kappa shape index (κ1) is 22.3. The van der Waals surface area contributed by atoms with E-state index in [0.717, 1.165) is 0 Å². The summed E-state index contributed by atoms with van der Waals surface area (Å²) in [4.78, 5) is 42.1. The molecule has 3 aliphatic rings. The molecule has 0 radical (unpaired) electrons. The first-order chi connectivity index (χ1) is 16.3. The quantitative estimate of drug-likeness (QED) is 0.586. The van der Waals surface area contributed by atoms with Crippen LogP contribution in [-0.4, -0.2) is 24.3 Å². The third-order valence-electron chi connectivity index (χ3n) is 6.45. The summed E-state index contributed by atoms with van der Waals surface area (Å²) in [5, 5.41) is 2.81. The highest BCUT2D eigenvalue weighted by atomic mass is 79.9. The maximum atomic E-state index is 15.2. The summed E-state index contributed by atoms with van der Waals surface area (Å²) in [6.45, 7) is 1.66. The van der Waals surface area contributed by atoms with Crippen LogP contribution in [0, 0.1) is 5.82 Å². The number of hydrogen-bond acceptors (Lipinski definition) is 6. The van der Waals surface area contributed by atoms with Gasteiger partial charge in [-0.1, -0.05) is 34.1 Å². The molecule has 1 aliphatic carbocycles. The summed E-state index contributed by atoms with van der Waals surface area (Å²) in [5.74, 6) is -2.42. The molecule has 1 amide bonds. The average Bonchev–Trinajstić information content (AvgIpc) is 3.07. The summed E-state index contributed by atoms with van der Waals surface area (Å²) < 4.78 is 21.0. The predicted octanol–water partition coefficient (Wildman–Crippen LogP) is 4.04. The molecular formula is C25H21BrFN3O4. The van der Waals surface area contributed by atoms with Crippen LogP contribution >= 0.6 is 15.9 Å². The first-order valence-corrected chi connectivity index (χ1v) is 11.7. The molecule has 9 heteroatoms. The molecule has 0 bridgehead atoms. The van der Waals surface area contributed by atoms with E-state index >= 15 is 4.39 Å². The lowest BCUT2D eigenvalue weighted by Gasteiger charge is -2.44. The Bertz CT molecular complexity index is 1340. The Morgan fingerprint density at radius 1 is 1.24 bits per heavy atom. The van der Waals surface area contributed by atoms with E-state index in [2.05, 4.69) is 21.2 Å². The number of esters is 1. The van der Waals surface area contributed by atoms with Gasteiger partial charge in [-0.3, -0.25) is 14.5 Å². The number of fused-ring (bicyclic) bond motifs is 3. The second-order valence-corrected chi connectivity index (χ2v) is 9.18. The highest BCUT2D eigenvalue weighted by Crippen LogP contribution is 2.55. The molecule has 2 aromatic rings. The molecule has 0 aromatic heterocycles. The zero-order chi connectivity index (χ0) is 24.2. The lowest BCUT2D eigenvalue weighted by atomic mass is 9.63. The van der Waals surface area contributed by atoms with Crippen molar-refractivity contribution in [3.05, 3.63) is 81.0 Å². The summed E-state index contributed by atoms with van der Waals surface area (Å²) in [6.07, 6.45) is 1.08. The Morgan fingerprint density at radius 3 is 2.74 bits per heavy atom. The number of anilines is 2. The number of amides is 1. The fourth-order valence-corrected chi connectivity index (χ4v) is 5.54. The number of hydrogen-bond donors (Lipinski definition) is 2. The van der Waals surface area contributed by atoms with E-state index in [9.17, 15) is 14.4 Å². The van der Waals surface area contributed by atoms with Gasteiger partial charge in [0, 0.05) is 33.4 Å². The van der Waals surface area contributed by atoms with Gasteiger partial charge in [0.15, 0.2) is 5.78 Å². The van der Waals surface area contributed by atoms with Gasteiger partial charge in [0.2, 0.25) is 5.91 Å². The number of nitrogens with zero attached hydrogens (tertiary/aromatic N) is 1. The molecular weight excluding hydrogens is 505 g/mol. The molecule has 0 fully saturated rings. The number of benzene rings is 2. The number of rotatable bonds is 3.